The van der Waals surface area contributed by atoms with E-state index >= 15 is 0 Å². The highest BCUT2D eigenvalue weighted by atomic mass is 32.1. The van der Waals surface area contributed by atoms with Crippen molar-refractivity contribution in [2.24, 2.45) is 0 Å². The highest BCUT2D eigenvalue weighted by Gasteiger charge is 2.17. The summed E-state index contributed by atoms with van der Waals surface area (Å²) in [5.74, 6) is 0. The van der Waals surface area contributed by atoms with Crippen LogP contribution in [0, 0.1) is 6.92 Å². The van der Waals surface area contributed by atoms with Crippen molar-refractivity contribution in [3.05, 3.63) is 45.7 Å². The van der Waals surface area contributed by atoms with Crippen molar-refractivity contribution in [3.8, 4) is 0 Å². The van der Waals surface area contributed by atoms with Gasteiger partial charge in [-0.1, -0.05) is 13.0 Å². The van der Waals surface area contributed by atoms with Gasteiger partial charge in [-0.15, -0.1) is 11.3 Å². The van der Waals surface area contributed by atoms with Gasteiger partial charge in [0.25, 0.3) is 0 Å². The van der Waals surface area contributed by atoms with Crippen LogP contribution in [0.1, 0.15) is 41.0 Å². The van der Waals surface area contributed by atoms with Crippen LogP contribution < -0.4 is 0 Å². The Kier molecular flexibility index (Phi) is 4.66. The third-order valence-electron chi connectivity index (χ3n) is 3.37. The molecule has 4 heteroatoms. The smallest absolute Gasteiger partial charge is 0.0928 e. The second-order valence-electron chi connectivity index (χ2n) is 4.86. The number of aryl methyl sites for hydroxylation is 2. The zero-order chi connectivity index (χ0) is 13.8. The zero-order valence-corrected chi connectivity index (χ0v) is 12.9. The van der Waals surface area contributed by atoms with Gasteiger partial charge in [-0.3, -0.25) is 9.88 Å². The van der Waals surface area contributed by atoms with E-state index in [4.69, 9.17) is 0 Å². The summed E-state index contributed by atoms with van der Waals surface area (Å²) in [7, 11) is 2.16. The van der Waals surface area contributed by atoms with E-state index in [9.17, 15) is 0 Å². The first kappa shape index (κ1) is 14.2. The quantitative estimate of drug-likeness (QED) is 0.835. The van der Waals surface area contributed by atoms with Gasteiger partial charge in [-0.2, -0.15) is 0 Å². The zero-order valence-electron chi connectivity index (χ0n) is 12.1. The molecule has 0 saturated carbocycles. The second kappa shape index (κ2) is 6.26. The van der Waals surface area contributed by atoms with Crippen molar-refractivity contribution >= 4 is 11.3 Å². The predicted molar refractivity (Wildman–Crippen MR) is 80.3 cm³/mol. The fourth-order valence-corrected chi connectivity index (χ4v) is 3.25. The van der Waals surface area contributed by atoms with E-state index in [0.29, 0.717) is 6.04 Å². The molecule has 0 spiro atoms. The van der Waals surface area contributed by atoms with E-state index in [1.165, 1.54) is 21.1 Å². The highest BCUT2D eigenvalue weighted by Crippen LogP contribution is 2.29. The van der Waals surface area contributed by atoms with Crippen molar-refractivity contribution in [1.82, 2.24) is 14.9 Å². The molecule has 2 aromatic rings. The first-order valence-electron chi connectivity index (χ1n) is 6.67. The molecule has 0 aliphatic heterocycles. The summed E-state index contributed by atoms with van der Waals surface area (Å²) >= 11 is 1.84. The van der Waals surface area contributed by atoms with Crippen LogP contribution in [-0.2, 0) is 13.0 Å². The maximum absolute atomic E-state index is 4.62. The number of aromatic nitrogens is 2. The summed E-state index contributed by atoms with van der Waals surface area (Å²) in [4.78, 5) is 12.5. The fraction of sp³-hybridized carbons (Fsp3) is 0.467. The third kappa shape index (κ3) is 3.39. The number of hydrogen-bond acceptors (Lipinski definition) is 4. The minimum atomic E-state index is 0.387. The van der Waals surface area contributed by atoms with Gasteiger partial charge in [0.15, 0.2) is 0 Å². The number of nitrogens with zero attached hydrogens (tertiary/aromatic N) is 3. The van der Waals surface area contributed by atoms with Crippen molar-refractivity contribution in [2.45, 2.75) is 39.8 Å². The van der Waals surface area contributed by atoms with Gasteiger partial charge in [0.2, 0.25) is 0 Å². The van der Waals surface area contributed by atoms with Gasteiger partial charge < -0.3 is 0 Å². The van der Waals surface area contributed by atoms with E-state index in [1.807, 2.05) is 29.8 Å². The highest BCUT2D eigenvalue weighted by molar-refractivity contribution is 7.11. The summed E-state index contributed by atoms with van der Waals surface area (Å²) in [6.45, 7) is 7.43. The maximum Gasteiger partial charge on any atom is 0.0928 e. The Morgan fingerprint density at radius 2 is 2.21 bits per heavy atom. The molecule has 0 aliphatic carbocycles. The maximum atomic E-state index is 4.62. The summed E-state index contributed by atoms with van der Waals surface area (Å²) in [5.41, 5.74) is 2.42. The van der Waals surface area contributed by atoms with E-state index in [-0.39, 0.29) is 0 Å². The largest absolute Gasteiger partial charge is 0.294 e. The van der Waals surface area contributed by atoms with Gasteiger partial charge in [0.1, 0.15) is 0 Å². The summed E-state index contributed by atoms with van der Waals surface area (Å²) in [6.07, 6.45) is 4.76. The Morgan fingerprint density at radius 1 is 1.42 bits per heavy atom. The lowest BCUT2D eigenvalue weighted by Gasteiger charge is -2.24. The van der Waals surface area contributed by atoms with Crippen molar-refractivity contribution in [1.29, 1.82) is 0 Å². The van der Waals surface area contributed by atoms with Crippen molar-refractivity contribution < 1.29 is 0 Å². The van der Waals surface area contributed by atoms with Crippen LogP contribution in [0.3, 0.4) is 0 Å². The van der Waals surface area contributed by atoms with Crippen LogP contribution in [0.5, 0.6) is 0 Å². The Hall–Kier alpha value is -1.26. The number of hydrogen-bond donors (Lipinski definition) is 0. The normalized spacial score (nSPS) is 12.9. The van der Waals surface area contributed by atoms with Gasteiger partial charge in [-0.05, 0) is 38.9 Å². The van der Waals surface area contributed by atoms with Crippen LogP contribution in [0.4, 0.5) is 0 Å². The lowest BCUT2D eigenvalue weighted by molar-refractivity contribution is 0.255. The molecule has 2 aromatic heterocycles. The lowest BCUT2D eigenvalue weighted by atomic mass is 10.2. The molecule has 0 saturated heterocycles. The van der Waals surface area contributed by atoms with Crippen LogP contribution in [-0.4, -0.2) is 21.9 Å². The average Bonchev–Trinajstić information content (AvgIpc) is 2.80. The Labute approximate surface area is 119 Å². The van der Waals surface area contributed by atoms with Crippen LogP contribution >= 0.6 is 11.3 Å². The molecule has 1 atom stereocenters. The SMILES string of the molecule is CCc1nc(C)c(C(C)N(C)Cc2cccnc2)s1. The first-order chi connectivity index (χ1) is 9.11. The standard InChI is InChI=1S/C15H21N3S/c1-5-14-17-11(2)15(19-14)12(3)18(4)10-13-7-6-8-16-9-13/h6-9,12H,5,10H2,1-4H3. The van der Waals surface area contributed by atoms with Crippen molar-refractivity contribution in [2.75, 3.05) is 7.05 Å². The van der Waals surface area contributed by atoms with Gasteiger partial charge in [0, 0.05) is 29.9 Å². The monoisotopic (exact) mass is 275 g/mol. The minimum Gasteiger partial charge on any atom is -0.294 e. The molecular weight excluding hydrogens is 254 g/mol. The molecule has 0 bridgehead atoms. The third-order valence-corrected chi connectivity index (χ3v) is 4.85. The molecule has 0 aliphatic rings. The molecule has 1 unspecified atom stereocenters. The molecule has 102 valence electrons. The Bertz CT molecular complexity index is 521. The second-order valence-corrected chi connectivity index (χ2v) is 5.98. The molecule has 2 rings (SSSR count). The molecule has 0 N–H and O–H groups in total. The van der Waals surface area contributed by atoms with Crippen molar-refractivity contribution in [3.63, 3.8) is 0 Å². The summed E-state index contributed by atoms with van der Waals surface area (Å²) in [6, 6.07) is 4.49. The molecule has 0 fully saturated rings. The van der Waals surface area contributed by atoms with E-state index in [0.717, 1.165) is 13.0 Å². The van der Waals surface area contributed by atoms with Crippen LogP contribution in [0.2, 0.25) is 0 Å². The summed E-state index contributed by atoms with van der Waals surface area (Å²) < 4.78 is 0. The lowest BCUT2D eigenvalue weighted by Crippen LogP contribution is -2.21. The number of thiazole rings is 1. The predicted octanol–water partition coefficient (Wildman–Crippen LogP) is 3.60. The van der Waals surface area contributed by atoms with Crippen LogP contribution in [0.25, 0.3) is 0 Å². The molecular formula is C15H21N3S. The molecule has 19 heavy (non-hydrogen) atoms. The molecule has 0 radical (unpaired) electrons. The molecule has 0 amide bonds. The van der Waals surface area contributed by atoms with Gasteiger partial charge >= 0.3 is 0 Å². The Balaban J connectivity index is 2.10. The first-order valence-corrected chi connectivity index (χ1v) is 7.48. The molecule has 0 aromatic carbocycles. The van der Waals surface area contributed by atoms with E-state index in [2.05, 4.69) is 48.8 Å². The van der Waals surface area contributed by atoms with E-state index < -0.39 is 0 Å². The summed E-state index contributed by atoms with van der Waals surface area (Å²) in [5, 5.41) is 1.23. The van der Waals surface area contributed by atoms with Gasteiger partial charge in [0.05, 0.1) is 10.7 Å². The van der Waals surface area contributed by atoms with Crippen LogP contribution in [0.15, 0.2) is 24.5 Å². The van der Waals surface area contributed by atoms with E-state index in [1.54, 1.807) is 0 Å². The Morgan fingerprint density at radius 3 is 2.79 bits per heavy atom. The molecule has 2 heterocycles. The average molecular weight is 275 g/mol. The number of pyridine rings is 1. The van der Waals surface area contributed by atoms with Gasteiger partial charge in [-0.25, -0.2) is 4.98 Å². The minimum absolute atomic E-state index is 0.387. The molecule has 3 nitrogen and oxygen atoms in total. The fourth-order valence-electron chi connectivity index (χ4n) is 2.12. The number of rotatable bonds is 5. The topological polar surface area (TPSA) is 29.0 Å².